The van der Waals surface area contributed by atoms with E-state index in [9.17, 15) is 9.59 Å². The molecule has 0 spiro atoms. The van der Waals surface area contributed by atoms with Crippen LogP contribution in [0.4, 0.5) is 0 Å². The van der Waals surface area contributed by atoms with Gasteiger partial charge in [-0.05, 0) is 49.5 Å². The first-order chi connectivity index (χ1) is 11.6. The second kappa shape index (κ2) is 6.80. The van der Waals surface area contributed by atoms with Crippen LogP contribution < -0.4 is 0 Å². The Kier molecular flexibility index (Phi) is 4.74. The molecule has 0 heterocycles. The summed E-state index contributed by atoms with van der Waals surface area (Å²) in [6, 6.07) is 9.66. The molecule has 3 fully saturated rings. The fourth-order valence-electron chi connectivity index (χ4n) is 4.01. The number of carbonyl (C=O) groups is 2. The van der Waals surface area contributed by atoms with Gasteiger partial charge < -0.3 is 9.47 Å². The molecule has 0 atom stereocenters. The zero-order chi connectivity index (χ0) is 17.0. The van der Waals surface area contributed by atoms with Crippen molar-refractivity contribution in [1.82, 2.24) is 0 Å². The van der Waals surface area contributed by atoms with Gasteiger partial charge in [0.1, 0.15) is 6.61 Å². The average molecular weight is 328 g/mol. The van der Waals surface area contributed by atoms with E-state index >= 15 is 0 Å². The average Bonchev–Trinajstić information content (AvgIpc) is 2.66. The second-order valence-electron chi connectivity index (χ2n) is 7.06. The van der Waals surface area contributed by atoms with E-state index in [1.54, 1.807) is 6.08 Å². The lowest BCUT2D eigenvalue weighted by molar-refractivity contribution is -0.161. The maximum atomic E-state index is 12.0. The first kappa shape index (κ1) is 16.7. The summed E-state index contributed by atoms with van der Waals surface area (Å²) in [5, 5.41) is 0. The molecule has 4 nitrogen and oxygen atoms in total. The van der Waals surface area contributed by atoms with Crippen molar-refractivity contribution >= 4 is 11.9 Å². The molecule has 2 bridgehead atoms. The van der Waals surface area contributed by atoms with Crippen LogP contribution in [0.2, 0.25) is 0 Å². The van der Waals surface area contributed by atoms with E-state index < -0.39 is 0 Å². The molecular formula is C20H24O4. The Hall–Kier alpha value is -2.10. The van der Waals surface area contributed by atoms with Gasteiger partial charge in [0.15, 0.2) is 0 Å². The number of allylic oxidation sites excluding steroid dienone is 1. The molecular weight excluding hydrogens is 304 g/mol. The number of hydrogen-bond donors (Lipinski definition) is 0. The van der Waals surface area contributed by atoms with Crippen LogP contribution in [0.3, 0.4) is 0 Å². The summed E-state index contributed by atoms with van der Waals surface area (Å²) in [7, 11) is 1.47. The fraction of sp³-hybridized carbons (Fsp3) is 0.500. The van der Waals surface area contributed by atoms with Crippen LogP contribution >= 0.6 is 0 Å². The summed E-state index contributed by atoms with van der Waals surface area (Å²) in [5.74, 6) is -0.370. The second-order valence-corrected chi connectivity index (χ2v) is 7.06. The van der Waals surface area contributed by atoms with E-state index in [0.29, 0.717) is 6.61 Å². The lowest BCUT2D eigenvalue weighted by Crippen LogP contribution is -2.45. The zero-order valence-corrected chi connectivity index (χ0v) is 14.1. The predicted molar refractivity (Wildman–Crippen MR) is 90.0 cm³/mol. The Morgan fingerprint density at radius 3 is 2.25 bits per heavy atom. The molecule has 0 aliphatic heterocycles. The molecule has 0 aromatic heterocycles. The highest BCUT2D eigenvalue weighted by Gasteiger charge is 2.52. The normalized spacial score (nSPS) is 28.7. The van der Waals surface area contributed by atoms with E-state index in [1.165, 1.54) is 7.11 Å². The summed E-state index contributed by atoms with van der Waals surface area (Å²) in [4.78, 5) is 24.0. The summed E-state index contributed by atoms with van der Waals surface area (Å²) in [5.41, 5.74) is 0.746. The minimum Gasteiger partial charge on any atom is -0.469 e. The third-order valence-electron chi connectivity index (χ3n) is 5.72. The van der Waals surface area contributed by atoms with Crippen molar-refractivity contribution in [2.24, 2.45) is 10.8 Å². The fourth-order valence-corrected chi connectivity index (χ4v) is 4.01. The number of carbonyl (C=O) groups excluding carboxylic acids is 2. The monoisotopic (exact) mass is 328 g/mol. The lowest BCUT2D eigenvalue weighted by atomic mass is 9.53. The molecule has 3 aliphatic rings. The molecule has 3 saturated carbocycles. The Morgan fingerprint density at radius 2 is 1.67 bits per heavy atom. The van der Waals surface area contributed by atoms with Crippen molar-refractivity contribution in [2.45, 2.75) is 45.1 Å². The maximum Gasteiger partial charge on any atom is 0.330 e. The molecule has 0 saturated heterocycles. The van der Waals surface area contributed by atoms with Crippen LogP contribution in [0.5, 0.6) is 0 Å². The molecule has 128 valence electrons. The van der Waals surface area contributed by atoms with Gasteiger partial charge in [-0.1, -0.05) is 36.4 Å². The van der Waals surface area contributed by atoms with Crippen LogP contribution in [0.15, 0.2) is 42.5 Å². The molecule has 0 N–H and O–H groups in total. The van der Waals surface area contributed by atoms with Crippen LogP contribution in [0, 0.1) is 10.8 Å². The van der Waals surface area contributed by atoms with Crippen LogP contribution in [0.25, 0.3) is 0 Å². The molecule has 4 heteroatoms. The first-order valence-electron chi connectivity index (χ1n) is 8.56. The smallest absolute Gasteiger partial charge is 0.330 e. The van der Waals surface area contributed by atoms with E-state index in [-0.39, 0.29) is 22.8 Å². The third-order valence-corrected chi connectivity index (χ3v) is 5.72. The van der Waals surface area contributed by atoms with Crippen molar-refractivity contribution in [3.63, 3.8) is 0 Å². The molecule has 1 aromatic carbocycles. The Morgan fingerprint density at radius 1 is 1.04 bits per heavy atom. The number of hydrogen-bond acceptors (Lipinski definition) is 4. The van der Waals surface area contributed by atoms with Crippen molar-refractivity contribution in [1.29, 1.82) is 0 Å². The standard InChI is InChI=1S/C20H24O4/c1-23-18(22)20-12-9-19(10-13-20,11-14-20)8-7-17(21)24-15-16-5-3-2-4-6-16/h2-8H,9-15H2,1H3. The van der Waals surface area contributed by atoms with Gasteiger partial charge in [0.25, 0.3) is 0 Å². The van der Waals surface area contributed by atoms with Gasteiger partial charge in [-0.3, -0.25) is 4.79 Å². The van der Waals surface area contributed by atoms with E-state index in [1.807, 2.05) is 36.4 Å². The molecule has 0 unspecified atom stereocenters. The molecule has 4 rings (SSSR count). The lowest BCUT2D eigenvalue weighted by Gasteiger charge is -2.50. The maximum absolute atomic E-state index is 12.0. The van der Waals surface area contributed by atoms with Gasteiger partial charge in [0, 0.05) is 6.08 Å². The number of ether oxygens (including phenoxy) is 2. The molecule has 0 amide bonds. The van der Waals surface area contributed by atoms with E-state index in [0.717, 1.165) is 44.1 Å². The van der Waals surface area contributed by atoms with Crippen LogP contribution in [-0.2, 0) is 25.7 Å². The summed E-state index contributed by atoms with van der Waals surface area (Å²) in [6.07, 6.45) is 8.94. The van der Waals surface area contributed by atoms with Gasteiger partial charge >= 0.3 is 11.9 Å². The SMILES string of the molecule is COC(=O)C12CCC(C=CC(=O)OCc3ccccc3)(CC1)CC2. The minimum absolute atomic E-state index is 0.0432. The quantitative estimate of drug-likeness (QED) is 0.609. The van der Waals surface area contributed by atoms with E-state index in [2.05, 4.69) is 0 Å². The summed E-state index contributed by atoms with van der Waals surface area (Å²) in [6.45, 7) is 0.294. The van der Waals surface area contributed by atoms with Crippen LogP contribution in [0.1, 0.15) is 44.1 Å². The summed E-state index contributed by atoms with van der Waals surface area (Å²) >= 11 is 0. The topological polar surface area (TPSA) is 52.6 Å². The minimum atomic E-state index is -0.302. The van der Waals surface area contributed by atoms with Gasteiger partial charge in [-0.2, -0.15) is 0 Å². The molecule has 1 aromatic rings. The molecule has 24 heavy (non-hydrogen) atoms. The van der Waals surface area contributed by atoms with Crippen molar-refractivity contribution < 1.29 is 19.1 Å². The molecule has 3 aliphatic carbocycles. The molecule has 0 radical (unpaired) electrons. The largest absolute Gasteiger partial charge is 0.469 e. The van der Waals surface area contributed by atoms with E-state index in [4.69, 9.17) is 9.47 Å². The number of benzene rings is 1. The number of rotatable bonds is 5. The van der Waals surface area contributed by atoms with Gasteiger partial charge in [0.05, 0.1) is 12.5 Å². The van der Waals surface area contributed by atoms with Gasteiger partial charge in [-0.15, -0.1) is 0 Å². The first-order valence-corrected chi connectivity index (χ1v) is 8.56. The number of methoxy groups -OCH3 is 1. The van der Waals surface area contributed by atoms with Crippen molar-refractivity contribution in [3.8, 4) is 0 Å². The Labute approximate surface area is 142 Å². The highest BCUT2D eigenvalue weighted by atomic mass is 16.5. The highest BCUT2D eigenvalue weighted by molar-refractivity contribution is 5.82. The predicted octanol–water partition coefficient (Wildman–Crippen LogP) is 3.80. The van der Waals surface area contributed by atoms with Crippen molar-refractivity contribution in [3.05, 3.63) is 48.0 Å². The third kappa shape index (κ3) is 3.37. The summed E-state index contributed by atoms with van der Waals surface area (Å²) < 4.78 is 10.3. The Balaban J connectivity index is 1.54. The van der Waals surface area contributed by atoms with Crippen LogP contribution in [-0.4, -0.2) is 19.0 Å². The highest BCUT2D eigenvalue weighted by Crippen LogP contribution is 2.57. The Bertz CT molecular complexity index is 608. The van der Waals surface area contributed by atoms with Gasteiger partial charge in [0.2, 0.25) is 0 Å². The van der Waals surface area contributed by atoms with Crippen molar-refractivity contribution in [2.75, 3.05) is 7.11 Å². The number of esters is 2. The number of fused-ring (bicyclic) bond motifs is 3. The van der Waals surface area contributed by atoms with Gasteiger partial charge in [-0.25, -0.2) is 4.79 Å². The zero-order valence-electron chi connectivity index (χ0n) is 14.1.